The number of carbonyl (C=O) groups excluding carboxylic acids is 2. The molecule has 1 atom stereocenters. The van der Waals surface area contributed by atoms with Gasteiger partial charge in [0.2, 0.25) is 5.91 Å². The normalized spacial score (nSPS) is 12.5. The van der Waals surface area contributed by atoms with Crippen molar-refractivity contribution in [1.29, 1.82) is 0 Å². The first-order chi connectivity index (χ1) is 11.7. The lowest BCUT2D eigenvalue weighted by Crippen LogP contribution is -2.45. The average Bonchev–Trinajstić information content (AvgIpc) is 2.53. The lowest BCUT2D eigenvalue weighted by Gasteiger charge is -2.16. The molecule has 2 rings (SSSR count). The minimum atomic E-state index is -4.52. The summed E-state index contributed by atoms with van der Waals surface area (Å²) in [5, 5.41) is 2.31. The Morgan fingerprint density at radius 2 is 1.76 bits per heavy atom. The van der Waals surface area contributed by atoms with E-state index in [4.69, 9.17) is 5.73 Å². The number of hydrogen-bond acceptors (Lipinski definition) is 2. The Labute approximate surface area is 140 Å². The molecular weight excluding hydrogens is 340 g/mol. The van der Waals surface area contributed by atoms with E-state index < -0.39 is 35.4 Å². The van der Waals surface area contributed by atoms with Gasteiger partial charge in [0, 0.05) is 12.0 Å². The van der Waals surface area contributed by atoms with E-state index in [1.807, 2.05) is 0 Å². The first kappa shape index (κ1) is 18.4. The van der Waals surface area contributed by atoms with Crippen LogP contribution in [0.4, 0.5) is 17.6 Å². The number of carbonyl (C=O) groups is 2. The van der Waals surface area contributed by atoms with E-state index in [2.05, 4.69) is 5.32 Å². The van der Waals surface area contributed by atoms with Crippen molar-refractivity contribution in [2.75, 3.05) is 0 Å². The highest BCUT2D eigenvalue weighted by atomic mass is 19.4. The second-order valence-electron chi connectivity index (χ2n) is 5.34. The Hall–Kier alpha value is -2.90. The maximum absolute atomic E-state index is 13.1. The van der Waals surface area contributed by atoms with E-state index in [0.29, 0.717) is 0 Å². The highest BCUT2D eigenvalue weighted by Crippen LogP contribution is 2.29. The largest absolute Gasteiger partial charge is 0.416 e. The van der Waals surface area contributed by atoms with Crippen LogP contribution in [0, 0.1) is 5.82 Å². The molecule has 0 aliphatic rings. The SMILES string of the molecule is NC(=O)[C@@H](Cc1cccc(C(F)(F)F)c1)NC(=O)c1cccc(F)c1. The summed E-state index contributed by atoms with van der Waals surface area (Å²) in [6.07, 6.45) is -4.75. The van der Waals surface area contributed by atoms with Crippen molar-refractivity contribution in [1.82, 2.24) is 5.32 Å². The van der Waals surface area contributed by atoms with Crippen molar-refractivity contribution in [2.45, 2.75) is 18.6 Å². The minimum absolute atomic E-state index is 0.0321. The third-order valence-corrected chi connectivity index (χ3v) is 3.43. The molecule has 0 saturated carbocycles. The molecule has 25 heavy (non-hydrogen) atoms. The van der Waals surface area contributed by atoms with Crippen molar-refractivity contribution in [3.05, 3.63) is 71.0 Å². The molecule has 3 N–H and O–H groups in total. The quantitative estimate of drug-likeness (QED) is 0.811. The summed E-state index contributed by atoms with van der Waals surface area (Å²) in [5.74, 6) is -2.31. The summed E-state index contributed by atoms with van der Waals surface area (Å²) in [7, 11) is 0. The summed E-state index contributed by atoms with van der Waals surface area (Å²) in [6.45, 7) is 0. The number of primary amides is 1. The summed E-state index contributed by atoms with van der Waals surface area (Å²) >= 11 is 0. The molecule has 0 bridgehead atoms. The molecule has 0 aliphatic heterocycles. The molecule has 0 spiro atoms. The molecule has 0 saturated heterocycles. The maximum atomic E-state index is 13.1. The molecule has 2 aromatic rings. The lowest BCUT2D eigenvalue weighted by atomic mass is 10.0. The van der Waals surface area contributed by atoms with Gasteiger partial charge < -0.3 is 11.1 Å². The summed E-state index contributed by atoms with van der Waals surface area (Å²) in [5.41, 5.74) is 4.49. The zero-order chi connectivity index (χ0) is 18.6. The van der Waals surface area contributed by atoms with Crippen LogP contribution in [0.2, 0.25) is 0 Å². The molecule has 4 nitrogen and oxygen atoms in total. The van der Waals surface area contributed by atoms with Gasteiger partial charge in [-0.2, -0.15) is 13.2 Å². The van der Waals surface area contributed by atoms with Gasteiger partial charge in [-0.05, 0) is 29.8 Å². The Kier molecular flexibility index (Phi) is 5.41. The fourth-order valence-corrected chi connectivity index (χ4v) is 2.20. The molecule has 0 fully saturated rings. The monoisotopic (exact) mass is 354 g/mol. The van der Waals surface area contributed by atoms with Gasteiger partial charge in [0.25, 0.3) is 5.91 Å². The van der Waals surface area contributed by atoms with Crippen LogP contribution in [-0.2, 0) is 17.4 Å². The van der Waals surface area contributed by atoms with Crippen LogP contribution in [-0.4, -0.2) is 17.9 Å². The summed E-state index contributed by atoms with van der Waals surface area (Å²) < 4.78 is 51.4. The van der Waals surface area contributed by atoms with Gasteiger partial charge >= 0.3 is 6.18 Å². The van der Waals surface area contributed by atoms with Gasteiger partial charge in [-0.15, -0.1) is 0 Å². The number of benzene rings is 2. The molecule has 0 aliphatic carbocycles. The Bertz CT molecular complexity index is 790. The first-order valence-electron chi connectivity index (χ1n) is 7.18. The van der Waals surface area contributed by atoms with Gasteiger partial charge in [-0.3, -0.25) is 9.59 Å². The van der Waals surface area contributed by atoms with Crippen molar-refractivity contribution in [3.63, 3.8) is 0 Å². The predicted molar refractivity (Wildman–Crippen MR) is 82.0 cm³/mol. The van der Waals surface area contributed by atoms with E-state index in [0.717, 1.165) is 24.3 Å². The van der Waals surface area contributed by atoms with Crippen LogP contribution in [0.5, 0.6) is 0 Å². The number of halogens is 4. The zero-order valence-corrected chi connectivity index (χ0v) is 12.8. The molecule has 0 unspecified atom stereocenters. The van der Waals surface area contributed by atoms with E-state index in [9.17, 15) is 27.2 Å². The van der Waals surface area contributed by atoms with Crippen LogP contribution < -0.4 is 11.1 Å². The first-order valence-corrected chi connectivity index (χ1v) is 7.18. The molecule has 2 aromatic carbocycles. The Balaban J connectivity index is 2.17. The van der Waals surface area contributed by atoms with Crippen LogP contribution >= 0.6 is 0 Å². The number of amides is 2. The lowest BCUT2D eigenvalue weighted by molar-refractivity contribution is -0.137. The van der Waals surface area contributed by atoms with Crippen LogP contribution in [0.15, 0.2) is 48.5 Å². The zero-order valence-electron chi connectivity index (χ0n) is 12.8. The average molecular weight is 354 g/mol. The molecule has 0 radical (unpaired) electrons. The van der Waals surface area contributed by atoms with Crippen LogP contribution in [0.3, 0.4) is 0 Å². The summed E-state index contributed by atoms with van der Waals surface area (Å²) in [4.78, 5) is 23.6. The number of nitrogens with two attached hydrogens (primary N) is 1. The number of hydrogen-bond donors (Lipinski definition) is 2. The standard InChI is InChI=1S/C17H14F4N2O2/c18-13-6-2-4-11(9-13)16(25)23-14(15(22)24)8-10-3-1-5-12(7-10)17(19,20)21/h1-7,9,14H,8H2,(H2,22,24)(H,23,25)/t14-/m1/s1. The van der Waals surface area contributed by atoms with Crippen molar-refractivity contribution >= 4 is 11.8 Å². The van der Waals surface area contributed by atoms with Gasteiger partial charge in [0.05, 0.1) is 5.56 Å². The van der Waals surface area contributed by atoms with E-state index in [1.165, 1.54) is 24.3 Å². The number of nitrogens with one attached hydrogen (secondary N) is 1. The molecular formula is C17H14F4N2O2. The third-order valence-electron chi connectivity index (χ3n) is 3.43. The second kappa shape index (κ2) is 7.33. The Morgan fingerprint density at radius 1 is 1.08 bits per heavy atom. The predicted octanol–water partition coefficient (Wildman–Crippen LogP) is 2.67. The van der Waals surface area contributed by atoms with Gasteiger partial charge in [0.1, 0.15) is 11.9 Å². The van der Waals surface area contributed by atoms with Crippen molar-refractivity contribution in [2.24, 2.45) is 5.73 Å². The number of rotatable bonds is 5. The topological polar surface area (TPSA) is 72.2 Å². The maximum Gasteiger partial charge on any atom is 0.416 e. The van der Waals surface area contributed by atoms with Gasteiger partial charge in [0.15, 0.2) is 0 Å². The minimum Gasteiger partial charge on any atom is -0.368 e. The molecule has 0 aromatic heterocycles. The smallest absolute Gasteiger partial charge is 0.368 e. The highest BCUT2D eigenvalue weighted by Gasteiger charge is 2.30. The molecule has 8 heteroatoms. The fourth-order valence-electron chi connectivity index (χ4n) is 2.20. The van der Waals surface area contributed by atoms with Crippen molar-refractivity contribution in [3.8, 4) is 0 Å². The second-order valence-corrected chi connectivity index (χ2v) is 5.34. The Morgan fingerprint density at radius 3 is 2.36 bits per heavy atom. The van der Waals surface area contributed by atoms with Crippen LogP contribution in [0.1, 0.15) is 21.5 Å². The molecule has 2 amide bonds. The molecule has 0 heterocycles. The van der Waals surface area contributed by atoms with Crippen molar-refractivity contribution < 1.29 is 27.2 Å². The highest BCUT2D eigenvalue weighted by molar-refractivity contribution is 5.97. The van der Waals surface area contributed by atoms with Gasteiger partial charge in [-0.25, -0.2) is 4.39 Å². The van der Waals surface area contributed by atoms with Crippen LogP contribution in [0.25, 0.3) is 0 Å². The summed E-state index contributed by atoms with van der Waals surface area (Å²) in [6, 6.07) is 7.89. The fraction of sp³-hybridized carbons (Fsp3) is 0.176. The van der Waals surface area contributed by atoms with E-state index >= 15 is 0 Å². The number of alkyl halides is 3. The van der Waals surface area contributed by atoms with Gasteiger partial charge in [-0.1, -0.05) is 24.3 Å². The third kappa shape index (κ3) is 5.03. The van der Waals surface area contributed by atoms with E-state index in [-0.39, 0.29) is 17.5 Å². The molecule has 132 valence electrons. The van der Waals surface area contributed by atoms with E-state index in [1.54, 1.807) is 0 Å².